The van der Waals surface area contributed by atoms with Gasteiger partial charge in [0.05, 0.1) is 0 Å². The highest BCUT2D eigenvalue weighted by molar-refractivity contribution is 5.55. The molecule has 0 aromatic heterocycles. The number of hydrogen-bond donors (Lipinski definition) is 3. The van der Waals surface area contributed by atoms with E-state index in [-0.39, 0.29) is 11.3 Å². The Morgan fingerprint density at radius 1 is 1.33 bits per heavy atom. The van der Waals surface area contributed by atoms with Crippen molar-refractivity contribution in [1.29, 1.82) is 0 Å². The Kier molecular flexibility index (Phi) is 1.32. The Labute approximate surface area is 71.0 Å². The van der Waals surface area contributed by atoms with E-state index >= 15 is 0 Å². The van der Waals surface area contributed by atoms with E-state index in [1.807, 2.05) is 0 Å². The lowest BCUT2D eigenvalue weighted by atomic mass is 10.0. The van der Waals surface area contributed by atoms with Crippen molar-refractivity contribution >= 4 is 5.69 Å². The van der Waals surface area contributed by atoms with Gasteiger partial charge >= 0.3 is 0 Å². The maximum absolute atomic E-state index is 9.22. The van der Waals surface area contributed by atoms with Crippen LogP contribution in [0.4, 0.5) is 5.69 Å². The predicted molar refractivity (Wildman–Crippen MR) is 47.6 cm³/mol. The second kappa shape index (κ2) is 2.14. The van der Waals surface area contributed by atoms with E-state index in [2.05, 4.69) is 0 Å². The maximum atomic E-state index is 9.22. The highest BCUT2D eigenvalue weighted by Gasteiger charge is 2.41. The van der Waals surface area contributed by atoms with Crippen molar-refractivity contribution in [2.24, 2.45) is 5.73 Å². The van der Waals surface area contributed by atoms with Crippen LogP contribution in [0.3, 0.4) is 0 Å². The molecule has 0 amide bonds. The van der Waals surface area contributed by atoms with Crippen LogP contribution >= 0.6 is 0 Å². The molecule has 3 heteroatoms. The number of nitrogen functional groups attached to an aromatic ring is 1. The van der Waals surface area contributed by atoms with E-state index in [9.17, 15) is 5.11 Å². The fourth-order valence-corrected chi connectivity index (χ4v) is 1.38. The molecule has 12 heavy (non-hydrogen) atoms. The summed E-state index contributed by atoms with van der Waals surface area (Å²) in [4.78, 5) is 0. The van der Waals surface area contributed by atoms with Gasteiger partial charge in [-0.3, -0.25) is 0 Å². The molecule has 64 valence electrons. The van der Waals surface area contributed by atoms with Gasteiger partial charge in [-0.15, -0.1) is 0 Å². The smallest absolute Gasteiger partial charge is 0.116 e. The standard InChI is InChI=1S/C9H12N2O/c10-8-2-1-6(12)5-7(8)9(11)3-4-9/h1-2,5,12H,3-4,10-11H2. The summed E-state index contributed by atoms with van der Waals surface area (Å²) in [6, 6.07) is 4.92. The minimum atomic E-state index is -0.261. The molecule has 0 aliphatic heterocycles. The number of rotatable bonds is 1. The van der Waals surface area contributed by atoms with Gasteiger partial charge in [0.1, 0.15) is 5.75 Å². The third kappa shape index (κ3) is 1.02. The number of benzene rings is 1. The zero-order valence-electron chi connectivity index (χ0n) is 6.75. The zero-order chi connectivity index (χ0) is 8.77. The van der Waals surface area contributed by atoms with Gasteiger partial charge in [0.25, 0.3) is 0 Å². The number of phenolic OH excluding ortho intramolecular Hbond substituents is 1. The first-order valence-corrected chi connectivity index (χ1v) is 4.00. The largest absolute Gasteiger partial charge is 0.508 e. The van der Waals surface area contributed by atoms with Crippen LogP contribution in [0.1, 0.15) is 18.4 Å². The quantitative estimate of drug-likeness (QED) is 0.427. The van der Waals surface area contributed by atoms with Crippen LogP contribution in [0.5, 0.6) is 5.75 Å². The molecule has 1 fully saturated rings. The number of nitrogens with two attached hydrogens (primary N) is 2. The summed E-state index contributed by atoms with van der Waals surface area (Å²) >= 11 is 0. The van der Waals surface area contributed by atoms with E-state index in [0.717, 1.165) is 18.4 Å². The van der Waals surface area contributed by atoms with Gasteiger partial charge in [-0.05, 0) is 36.6 Å². The average molecular weight is 164 g/mol. The normalized spacial score (nSPS) is 19.1. The molecule has 0 unspecified atom stereocenters. The third-order valence-corrected chi connectivity index (χ3v) is 2.36. The number of anilines is 1. The second-order valence-corrected chi connectivity index (χ2v) is 3.43. The summed E-state index contributed by atoms with van der Waals surface area (Å²) in [5.41, 5.74) is 13.0. The van der Waals surface area contributed by atoms with Crippen LogP contribution in [0.25, 0.3) is 0 Å². The van der Waals surface area contributed by atoms with E-state index in [0.29, 0.717) is 5.69 Å². The van der Waals surface area contributed by atoms with Crippen molar-refractivity contribution in [3.63, 3.8) is 0 Å². The molecule has 1 aromatic carbocycles. The molecule has 0 radical (unpaired) electrons. The van der Waals surface area contributed by atoms with Gasteiger partial charge in [0.2, 0.25) is 0 Å². The monoisotopic (exact) mass is 164 g/mol. The van der Waals surface area contributed by atoms with E-state index in [1.165, 1.54) is 0 Å². The maximum Gasteiger partial charge on any atom is 0.116 e. The van der Waals surface area contributed by atoms with Crippen molar-refractivity contribution < 1.29 is 5.11 Å². The van der Waals surface area contributed by atoms with Gasteiger partial charge in [-0.2, -0.15) is 0 Å². The highest BCUT2D eigenvalue weighted by atomic mass is 16.3. The minimum Gasteiger partial charge on any atom is -0.508 e. The zero-order valence-corrected chi connectivity index (χ0v) is 6.75. The lowest BCUT2D eigenvalue weighted by Crippen LogP contribution is -2.20. The summed E-state index contributed by atoms with van der Waals surface area (Å²) in [7, 11) is 0. The number of hydrogen-bond acceptors (Lipinski definition) is 3. The van der Waals surface area contributed by atoms with Crippen LogP contribution < -0.4 is 11.5 Å². The van der Waals surface area contributed by atoms with Crippen molar-refractivity contribution in [2.45, 2.75) is 18.4 Å². The molecule has 1 aliphatic carbocycles. The van der Waals surface area contributed by atoms with Crippen molar-refractivity contribution in [2.75, 3.05) is 5.73 Å². The van der Waals surface area contributed by atoms with Crippen LogP contribution in [-0.2, 0) is 5.54 Å². The molecule has 3 nitrogen and oxygen atoms in total. The molecule has 0 bridgehead atoms. The Morgan fingerprint density at radius 3 is 2.58 bits per heavy atom. The lowest BCUT2D eigenvalue weighted by Gasteiger charge is -2.12. The Hall–Kier alpha value is -1.22. The van der Waals surface area contributed by atoms with Crippen LogP contribution in [0.15, 0.2) is 18.2 Å². The van der Waals surface area contributed by atoms with Crippen LogP contribution in [0, 0.1) is 0 Å². The summed E-state index contributed by atoms with van der Waals surface area (Å²) in [5.74, 6) is 0.232. The highest BCUT2D eigenvalue weighted by Crippen LogP contribution is 2.45. The first-order valence-electron chi connectivity index (χ1n) is 4.00. The first kappa shape index (κ1) is 7.43. The lowest BCUT2D eigenvalue weighted by molar-refractivity contribution is 0.473. The molecule has 1 saturated carbocycles. The molecule has 2 rings (SSSR count). The van der Waals surface area contributed by atoms with E-state index in [4.69, 9.17) is 11.5 Å². The first-order chi connectivity index (χ1) is 5.62. The third-order valence-electron chi connectivity index (χ3n) is 2.36. The second-order valence-electron chi connectivity index (χ2n) is 3.43. The van der Waals surface area contributed by atoms with Gasteiger partial charge in [-0.1, -0.05) is 0 Å². The summed E-state index contributed by atoms with van der Waals surface area (Å²) in [5, 5.41) is 9.22. The van der Waals surface area contributed by atoms with E-state index in [1.54, 1.807) is 18.2 Å². The Morgan fingerprint density at radius 2 is 2.00 bits per heavy atom. The number of aromatic hydroxyl groups is 1. The van der Waals surface area contributed by atoms with Gasteiger partial charge in [0, 0.05) is 11.2 Å². The fourth-order valence-electron chi connectivity index (χ4n) is 1.38. The van der Waals surface area contributed by atoms with Crippen molar-refractivity contribution in [1.82, 2.24) is 0 Å². The fraction of sp³-hybridized carbons (Fsp3) is 0.333. The van der Waals surface area contributed by atoms with Crippen molar-refractivity contribution in [3.8, 4) is 5.75 Å². The molecular weight excluding hydrogens is 152 g/mol. The molecule has 0 spiro atoms. The Balaban J connectivity index is 2.48. The predicted octanol–water partition coefficient (Wildman–Crippen LogP) is 0.922. The molecule has 0 heterocycles. The minimum absolute atomic E-state index is 0.232. The topological polar surface area (TPSA) is 72.3 Å². The van der Waals surface area contributed by atoms with Crippen molar-refractivity contribution in [3.05, 3.63) is 23.8 Å². The average Bonchev–Trinajstić information content (AvgIpc) is 2.75. The number of phenols is 1. The summed E-state index contributed by atoms with van der Waals surface area (Å²) < 4.78 is 0. The molecule has 0 atom stereocenters. The van der Waals surface area contributed by atoms with Gasteiger partial charge in [0.15, 0.2) is 0 Å². The van der Waals surface area contributed by atoms with Crippen LogP contribution in [-0.4, -0.2) is 5.11 Å². The van der Waals surface area contributed by atoms with Gasteiger partial charge < -0.3 is 16.6 Å². The van der Waals surface area contributed by atoms with Crippen LogP contribution in [0.2, 0.25) is 0 Å². The molecule has 1 aromatic rings. The SMILES string of the molecule is Nc1ccc(O)cc1C1(N)CC1. The van der Waals surface area contributed by atoms with Gasteiger partial charge in [-0.25, -0.2) is 0 Å². The molecule has 0 saturated heterocycles. The summed E-state index contributed by atoms with van der Waals surface area (Å²) in [6.45, 7) is 0. The summed E-state index contributed by atoms with van der Waals surface area (Å²) in [6.07, 6.45) is 1.92. The molecule has 5 N–H and O–H groups in total. The molecule has 1 aliphatic rings. The molecular formula is C9H12N2O. The Bertz CT molecular complexity index is 318. The van der Waals surface area contributed by atoms with E-state index < -0.39 is 0 Å².